The predicted octanol–water partition coefficient (Wildman–Crippen LogP) is 0.813. The molecule has 0 amide bonds. The van der Waals surface area contributed by atoms with Crippen molar-refractivity contribution in [3.63, 3.8) is 0 Å². The summed E-state index contributed by atoms with van der Waals surface area (Å²) < 4.78 is 7.45. The molecule has 136 valence electrons. The number of aromatic nitrogens is 2. The highest BCUT2D eigenvalue weighted by Crippen LogP contribution is 2.25. The largest absolute Gasteiger partial charge is 0.381 e. The lowest BCUT2D eigenvalue weighted by Crippen LogP contribution is -2.57. The Kier molecular flexibility index (Phi) is 6.23. The molecular weight excluding hydrogens is 304 g/mol. The fourth-order valence-corrected chi connectivity index (χ4v) is 3.25. The summed E-state index contributed by atoms with van der Waals surface area (Å²) in [5, 5.41) is 11.4. The van der Waals surface area contributed by atoms with Crippen LogP contribution in [0.4, 0.5) is 0 Å². The van der Waals surface area contributed by atoms with Gasteiger partial charge in [0.15, 0.2) is 5.96 Å². The molecule has 1 aromatic heterocycles. The third-order valence-electron chi connectivity index (χ3n) is 5.27. The fourth-order valence-electron chi connectivity index (χ4n) is 3.25. The van der Waals surface area contributed by atoms with Gasteiger partial charge in [-0.3, -0.25) is 9.67 Å². The predicted molar refractivity (Wildman–Crippen MR) is 97.4 cm³/mol. The molecule has 1 fully saturated rings. The number of nitrogens with zero attached hydrogens (tertiary/aromatic N) is 4. The first-order valence-corrected chi connectivity index (χ1v) is 8.58. The first-order valence-electron chi connectivity index (χ1n) is 8.58. The fraction of sp³-hybridized carbons (Fsp3) is 0.765. The molecule has 1 aliphatic rings. The van der Waals surface area contributed by atoms with Crippen LogP contribution in [-0.4, -0.2) is 67.1 Å². The third kappa shape index (κ3) is 4.08. The second-order valence-corrected chi connectivity index (χ2v) is 6.78. The number of aliphatic imine (C=N–C) groups is 1. The van der Waals surface area contributed by atoms with Crippen LogP contribution in [0, 0.1) is 13.8 Å². The summed E-state index contributed by atoms with van der Waals surface area (Å²) in [5.74, 6) is 0.824. The lowest BCUT2D eigenvalue weighted by Gasteiger charge is -2.43. The average molecular weight is 336 g/mol. The topological polar surface area (TPSA) is 66.7 Å². The van der Waals surface area contributed by atoms with E-state index in [4.69, 9.17) is 4.74 Å². The summed E-state index contributed by atoms with van der Waals surface area (Å²) in [4.78, 5) is 6.67. The lowest BCUT2D eigenvalue weighted by atomic mass is 9.88. The molecular formula is C17H32N6O. The van der Waals surface area contributed by atoms with Crippen molar-refractivity contribution < 1.29 is 4.74 Å². The Hall–Kier alpha value is -1.60. The molecule has 2 N–H and O–H groups in total. The Bertz CT molecular complexity index is 572. The van der Waals surface area contributed by atoms with Gasteiger partial charge in [0, 0.05) is 57.2 Å². The van der Waals surface area contributed by atoms with Crippen molar-refractivity contribution in [2.45, 2.75) is 38.8 Å². The molecule has 0 atom stereocenters. The zero-order chi connectivity index (χ0) is 17.7. The van der Waals surface area contributed by atoms with Crippen LogP contribution >= 0.6 is 0 Å². The van der Waals surface area contributed by atoms with Gasteiger partial charge in [0.05, 0.1) is 5.69 Å². The molecule has 1 saturated heterocycles. The minimum atomic E-state index is 0.121. The van der Waals surface area contributed by atoms with Crippen LogP contribution in [0.25, 0.3) is 0 Å². The van der Waals surface area contributed by atoms with Crippen LogP contribution in [0.3, 0.4) is 0 Å². The van der Waals surface area contributed by atoms with Crippen LogP contribution in [0.15, 0.2) is 4.99 Å². The third-order valence-corrected chi connectivity index (χ3v) is 5.27. The Morgan fingerprint density at radius 1 is 1.29 bits per heavy atom. The van der Waals surface area contributed by atoms with Crippen LogP contribution in [0.2, 0.25) is 0 Å². The summed E-state index contributed by atoms with van der Waals surface area (Å²) in [6.45, 7) is 7.36. The van der Waals surface area contributed by atoms with E-state index in [9.17, 15) is 0 Å². The molecule has 1 aromatic rings. The number of ether oxygens (including phenoxy) is 1. The quantitative estimate of drug-likeness (QED) is 0.615. The molecule has 2 rings (SSSR count). The van der Waals surface area contributed by atoms with E-state index in [1.807, 2.05) is 25.7 Å². The maximum absolute atomic E-state index is 5.53. The average Bonchev–Trinajstić information content (AvgIpc) is 2.81. The van der Waals surface area contributed by atoms with Crippen LogP contribution in [0.5, 0.6) is 0 Å². The molecule has 0 unspecified atom stereocenters. The van der Waals surface area contributed by atoms with Crippen molar-refractivity contribution in [3.05, 3.63) is 17.0 Å². The van der Waals surface area contributed by atoms with E-state index in [0.717, 1.165) is 50.8 Å². The normalized spacial score (nSPS) is 18.0. The molecule has 0 aromatic carbocycles. The maximum atomic E-state index is 5.53. The Balaban J connectivity index is 1.94. The highest BCUT2D eigenvalue weighted by Gasteiger charge is 2.34. The van der Waals surface area contributed by atoms with Gasteiger partial charge in [0.2, 0.25) is 0 Å². The summed E-state index contributed by atoms with van der Waals surface area (Å²) in [5.41, 5.74) is 3.60. The second kappa shape index (κ2) is 7.98. The van der Waals surface area contributed by atoms with Crippen LogP contribution in [-0.2, 0) is 18.3 Å². The number of rotatable bonds is 5. The SMILES string of the molecule is CN=C(NCc1c(C)nn(C)c1C)NCC1(N(C)C)CCOCC1. The van der Waals surface area contributed by atoms with Crippen molar-refractivity contribution in [3.8, 4) is 0 Å². The highest BCUT2D eigenvalue weighted by atomic mass is 16.5. The molecule has 1 aliphatic heterocycles. The number of hydrogen-bond donors (Lipinski definition) is 2. The summed E-state index contributed by atoms with van der Waals surface area (Å²) >= 11 is 0. The van der Waals surface area contributed by atoms with Gasteiger partial charge in [0.1, 0.15) is 0 Å². The smallest absolute Gasteiger partial charge is 0.191 e. The minimum Gasteiger partial charge on any atom is -0.381 e. The van der Waals surface area contributed by atoms with Crippen LogP contribution < -0.4 is 10.6 Å². The standard InChI is InChI=1S/C17H32N6O/c1-13-15(14(2)23(6)21-13)11-19-16(18-3)20-12-17(22(4)5)7-9-24-10-8-17/h7-12H2,1-6H3,(H2,18,19,20). The molecule has 7 nitrogen and oxygen atoms in total. The van der Waals surface area contributed by atoms with E-state index in [-0.39, 0.29) is 5.54 Å². The summed E-state index contributed by atoms with van der Waals surface area (Å²) in [7, 11) is 8.08. The first-order chi connectivity index (χ1) is 11.4. The van der Waals surface area contributed by atoms with E-state index < -0.39 is 0 Å². The molecule has 24 heavy (non-hydrogen) atoms. The van der Waals surface area contributed by atoms with E-state index >= 15 is 0 Å². The van der Waals surface area contributed by atoms with Gasteiger partial charge in [-0.2, -0.15) is 5.10 Å². The van der Waals surface area contributed by atoms with Gasteiger partial charge >= 0.3 is 0 Å². The molecule has 0 spiro atoms. The highest BCUT2D eigenvalue weighted by molar-refractivity contribution is 5.79. The maximum Gasteiger partial charge on any atom is 0.191 e. The summed E-state index contributed by atoms with van der Waals surface area (Å²) in [6, 6.07) is 0. The number of likely N-dealkylation sites (N-methyl/N-ethyl adjacent to an activating group) is 1. The Labute approximate surface area is 145 Å². The summed E-state index contributed by atoms with van der Waals surface area (Å²) in [6.07, 6.45) is 2.07. The van der Waals surface area contributed by atoms with Gasteiger partial charge in [-0.05, 0) is 40.8 Å². The van der Waals surface area contributed by atoms with E-state index in [1.54, 1.807) is 0 Å². The second-order valence-electron chi connectivity index (χ2n) is 6.78. The zero-order valence-corrected chi connectivity index (χ0v) is 15.9. The number of hydrogen-bond acceptors (Lipinski definition) is 4. The van der Waals surface area contributed by atoms with Gasteiger partial charge < -0.3 is 20.3 Å². The number of guanidine groups is 1. The number of aryl methyl sites for hydroxylation is 2. The lowest BCUT2D eigenvalue weighted by molar-refractivity contribution is -0.00501. The van der Waals surface area contributed by atoms with Gasteiger partial charge in [0.25, 0.3) is 0 Å². The molecule has 0 bridgehead atoms. The van der Waals surface area contributed by atoms with E-state index in [0.29, 0.717) is 0 Å². The molecule has 0 radical (unpaired) electrons. The molecule has 7 heteroatoms. The van der Waals surface area contributed by atoms with Crippen molar-refractivity contribution in [2.75, 3.05) is 40.9 Å². The van der Waals surface area contributed by atoms with Crippen molar-refractivity contribution in [2.24, 2.45) is 12.0 Å². The van der Waals surface area contributed by atoms with Crippen LogP contribution in [0.1, 0.15) is 29.8 Å². The number of nitrogens with one attached hydrogen (secondary N) is 2. The van der Waals surface area contributed by atoms with Gasteiger partial charge in [-0.1, -0.05) is 0 Å². The first kappa shape index (κ1) is 18.7. The van der Waals surface area contributed by atoms with Gasteiger partial charge in [-0.25, -0.2) is 0 Å². The van der Waals surface area contributed by atoms with Crippen molar-refractivity contribution in [1.29, 1.82) is 0 Å². The van der Waals surface area contributed by atoms with E-state index in [1.165, 1.54) is 11.3 Å². The Morgan fingerprint density at radius 3 is 2.46 bits per heavy atom. The van der Waals surface area contributed by atoms with Gasteiger partial charge in [-0.15, -0.1) is 0 Å². The molecule has 0 aliphatic carbocycles. The molecule has 2 heterocycles. The van der Waals surface area contributed by atoms with Crippen molar-refractivity contribution >= 4 is 5.96 Å². The van der Waals surface area contributed by atoms with Crippen molar-refractivity contribution in [1.82, 2.24) is 25.3 Å². The van der Waals surface area contributed by atoms with E-state index in [2.05, 4.69) is 46.6 Å². The minimum absolute atomic E-state index is 0.121. The monoisotopic (exact) mass is 336 g/mol. The Morgan fingerprint density at radius 2 is 1.96 bits per heavy atom. The zero-order valence-electron chi connectivity index (χ0n) is 15.9. The molecule has 0 saturated carbocycles.